The Bertz CT molecular complexity index is 1010. The van der Waals surface area contributed by atoms with Gasteiger partial charge >= 0.3 is 0 Å². The summed E-state index contributed by atoms with van der Waals surface area (Å²) in [5, 5.41) is 14.1. The highest BCUT2D eigenvalue weighted by Gasteiger charge is 2.46. The third-order valence-corrected chi connectivity index (χ3v) is 4.97. The zero-order chi connectivity index (χ0) is 25.3. The maximum absolute atomic E-state index is 12.9. The van der Waals surface area contributed by atoms with Gasteiger partial charge in [0.1, 0.15) is 11.8 Å². The molecule has 2 aliphatic heterocycles. The van der Waals surface area contributed by atoms with Gasteiger partial charge in [0, 0.05) is 26.4 Å². The molecule has 0 aliphatic carbocycles. The van der Waals surface area contributed by atoms with Crippen molar-refractivity contribution in [2.45, 2.75) is 31.7 Å². The fourth-order valence-corrected chi connectivity index (χ4v) is 3.40. The van der Waals surface area contributed by atoms with Gasteiger partial charge in [0.2, 0.25) is 17.7 Å². The Morgan fingerprint density at radius 2 is 1.91 bits per heavy atom. The minimum absolute atomic E-state index is 0.0211. The molecule has 2 aliphatic rings. The first-order valence-corrected chi connectivity index (χ1v) is 10.3. The Balaban J connectivity index is 0.00000129. The first-order valence-electron chi connectivity index (χ1n) is 10.3. The second kappa shape index (κ2) is 12.1. The van der Waals surface area contributed by atoms with Crippen LogP contribution in [0.5, 0.6) is 5.75 Å². The van der Waals surface area contributed by atoms with Crippen molar-refractivity contribution < 1.29 is 43.4 Å². The molecule has 3 rings (SSSR count). The second-order valence-electron chi connectivity index (χ2n) is 7.15. The van der Waals surface area contributed by atoms with Crippen LogP contribution in [0.3, 0.4) is 0 Å². The molecule has 0 bridgehead atoms. The normalized spacial score (nSPS) is 16.6. The number of rotatable bonds is 8. The predicted octanol–water partition coefficient (Wildman–Crippen LogP) is -1.19. The van der Waals surface area contributed by atoms with Crippen LogP contribution < -0.4 is 20.7 Å². The number of piperidine rings is 1. The lowest BCUT2D eigenvalue weighted by atomic mass is 10.0. The molecule has 0 aromatic heterocycles. The van der Waals surface area contributed by atoms with Crippen molar-refractivity contribution in [2.75, 3.05) is 20.2 Å². The SMILES string of the molecule is CNC(=O)CCCNC(=O)COc1cccc2c1C(=O)N(C1CCC(=O)NC1=O)C2=O.O=CO. The number of fused-ring (bicyclic) bond motifs is 1. The number of nitrogens with one attached hydrogen (secondary N) is 3. The lowest BCUT2D eigenvalue weighted by molar-refractivity contribution is -0.136. The number of ether oxygens (including phenoxy) is 1. The van der Waals surface area contributed by atoms with E-state index in [-0.39, 0.29) is 55.1 Å². The van der Waals surface area contributed by atoms with Crippen LogP contribution in [0.4, 0.5) is 0 Å². The summed E-state index contributed by atoms with van der Waals surface area (Å²) in [6.45, 7) is -0.362. The van der Waals surface area contributed by atoms with Gasteiger partial charge in [-0.3, -0.25) is 43.8 Å². The Kier molecular flexibility index (Phi) is 9.23. The Hall–Kier alpha value is -4.29. The highest BCUT2D eigenvalue weighted by molar-refractivity contribution is 6.24. The molecule has 1 aromatic rings. The molecule has 1 saturated heterocycles. The van der Waals surface area contributed by atoms with Gasteiger partial charge in [-0.2, -0.15) is 0 Å². The third kappa shape index (κ3) is 6.15. The summed E-state index contributed by atoms with van der Waals surface area (Å²) < 4.78 is 5.46. The quantitative estimate of drug-likeness (QED) is 0.203. The predicted molar refractivity (Wildman–Crippen MR) is 114 cm³/mol. The number of imide groups is 2. The summed E-state index contributed by atoms with van der Waals surface area (Å²) in [7, 11) is 1.53. The summed E-state index contributed by atoms with van der Waals surface area (Å²) in [6.07, 6.45) is 0.800. The number of carbonyl (C=O) groups excluding carboxylic acids is 6. The maximum Gasteiger partial charge on any atom is 0.290 e. The molecular weight excluding hydrogens is 452 g/mol. The molecule has 1 unspecified atom stereocenters. The van der Waals surface area contributed by atoms with E-state index in [0.29, 0.717) is 6.42 Å². The molecule has 0 spiro atoms. The summed E-state index contributed by atoms with van der Waals surface area (Å²) in [5.41, 5.74) is 0.0443. The Morgan fingerprint density at radius 3 is 2.56 bits per heavy atom. The van der Waals surface area contributed by atoms with E-state index in [1.165, 1.54) is 25.2 Å². The van der Waals surface area contributed by atoms with Gasteiger partial charge in [0.25, 0.3) is 24.2 Å². The Labute approximate surface area is 193 Å². The van der Waals surface area contributed by atoms with Crippen molar-refractivity contribution in [3.8, 4) is 5.75 Å². The van der Waals surface area contributed by atoms with E-state index >= 15 is 0 Å². The van der Waals surface area contributed by atoms with Gasteiger partial charge in [-0.05, 0) is 25.0 Å². The van der Waals surface area contributed by atoms with Crippen LogP contribution in [0.15, 0.2) is 18.2 Å². The highest BCUT2D eigenvalue weighted by Crippen LogP contribution is 2.33. The number of carboxylic acid groups (broad SMARTS) is 1. The number of benzene rings is 1. The molecule has 0 radical (unpaired) electrons. The van der Waals surface area contributed by atoms with Gasteiger partial charge in [-0.1, -0.05) is 6.07 Å². The molecule has 1 fully saturated rings. The van der Waals surface area contributed by atoms with E-state index in [4.69, 9.17) is 14.6 Å². The summed E-state index contributed by atoms with van der Waals surface area (Å²) in [4.78, 5) is 81.5. The second-order valence-corrected chi connectivity index (χ2v) is 7.15. The van der Waals surface area contributed by atoms with E-state index in [9.17, 15) is 28.8 Å². The molecule has 1 aromatic carbocycles. The largest absolute Gasteiger partial charge is 0.483 e. The summed E-state index contributed by atoms with van der Waals surface area (Å²) in [5.74, 6) is -3.06. The van der Waals surface area contributed by atoms with Crippen LogP contribution in [-0.4, -0.2) is 78.2 Å². The molecule has 1 atom stereocenters. The Morgan fingerprint density at radius 1 is 1.21 bits per heavy atom. The average molecular weight is 476 g/mol. The van der Waals surface area contributed by atoms with Crippen molar-refractivity contribution in [1.82, 2.24) is 20.9 Å². The highest BCUT2D eigenvalue weighted by atomic mass is 16.5. The topological polar surface area (TPSA) is 188 Å². The molecule has 2 heterocycles. The van der Waals surface area contributed by atoms with Crippen molar-refractivity contribution in [3.63, 3.8) is 0 Å². The van der Waals surface area contributed by atoms with Gasteiger partial charge in [0.05, 0.1) is 11.1 Å². The molecule has 4 N–H and O–H groups in total. The minimum Gasteiger partial charge on any atom is -0.483 e. The van der Waals surface area contributed by atoms with Gasteiger partial charge < -0.3 is 20.5 Å². The van der Waals surface area contributed by atoms with E-state index in [2.05, 4.69) is 16.0 Å². The summed E-state index contributed by atoms with van der Waals surface area (Å²) >= 11 is 0. The molecule has 13 heteroatoms. The number of hydrogen-bond acceptors (Lipinski definition) is 8. The molecule has 13 nitrogen and oxygen atoms in total. The molecule has 182 valence electrons. The lowest BCUT2D eigenvalue weighted by Gasteiger charge is -2.27. The first kappa shape index (κ1) is 26.0. The number of hydrogen-bond donors (Lipinski definition) is 4. The number of amides is 6. The fourth-order valence-electron chi connectivity index (χ4n) is 3.40. The first-order chi connectivity index (χ1) is 16.2. The average Bonchev–Trinajstić information content (AvgIpc) is 3.06. The van der Waals surface area contributed by atoms with Crippen LogP contribution in [0.1, 0.15) is 46.4 Å². The van der Waals surface area contributed by atoms with Gasteiger partial charge in [-0.25, -0.2) is 0 Å². The smallest absolute Gasteiger partial charge is 0.290 e. The number of nitrogens with zero attached hydrogens (tertiary/aromatic N) is 1. The van der Waals surface area contributed by atoms with E-state index in [1.807, 2.05) is 0 Å². The van der Waals surface area contributed by atoms with E-state index in [0.717, 1.165) is 4.90 Å². The van der Waals surface area contributed by atoms with Crippen LogP contribution in [0.25, 0.3) is 0 Å². The fraction of sp³-hybridized carbons (Fsp3) is 0.381. The standard InChI is InChI=1S/C20H22N4O7.CH2O2/c1-21-14(25)6-3-9-22-16(27)10-31-13-5-2-4-11-17(13)20(30)24(19(11)29)12-7-8-15(26)23-18(12)28;2-1-3/h2,4-5,12H,3,6-10H2,1H3,(H,21,25)(H,22,27)(H,23,26,28);1H,(H,2,3). The van der Waals surface area contributed by atoms with Crippen molar-refractivity contribution in [2.24, 2.45) is 0 Å². The molecule has 6 amide bonds. The van der Waals surface area contributed by atoms with Crippen LogP contribution in [-0.2, 0) is 24.0 Å². The minimum atomic E-state index is -1.08. The van der Waals surface area contributed by atoms with Crippen LogP contribution >= 0.6 is 0 Å². The van der Waals surface area contributed by atoms with Crippen molar-refractivity contribution in [3.05, 3.63) is 29.3 Å². The molecule has 34 heavy (non-hydrogen) atoms. The zero-order valence-corrected chi connectivity index (χ0v) is 18.3. The maximum atomic E-state index is 12.9. The monoisotopic (exact) mass is 476 g/mol. The van der Waals surface area contributed by atoms with E-state index in [1.54, 1.807) is 0 Å². The van der Waals surface area contributed by atoms with Gasteiger partial charge in [0.15, 0.2) is 6.61 Å². The van der Waals surface area contributed by atoms with Crippen molar-refractivity contribution >= 4 is 41.9 Å². The zero-order valence-electron chi connectivity index (χ0n) is 18.3. The van der Waals surface area contributed by atoms with Gasteiger partial charge in [-0.15, -0.1) is 0 Å². The lowest BCUT2D eigenvalue weighted by Crippen LogP contribution is -2.54. The number of carbonyl (C=O) groups is 7. The third-order valence-electron chi connectivity index (χ3n) is 4.97. The molecular formula is C21H24N4O9. The van der Waals surface area contributed by atoms with Crippen LogP contribution in [0.2, 0.25) is 0 Å². The van der Waals surface area contributed by atoms with Crippen LogP contribution in [0, 0.1) is 0 Å². The van der Waals surface area contributed by atoms with Crippen molar-refractivity contribution in [1.29, 1.82) is 0 Å². The molecule has 0 saturated carbocycles. The van der Waals surface area contributed by atoms with E-state index < -0.39 is 42.2 Å². The summed E-state index contributed by atoms with van der Waals surface area (Å²) in [6, 6.07) is 3.32.